The maximum absolute atomic E-state index is 12.1. The van der Waals surface area contributed by atoms with Crippen LogP contribution in [0.2, 0.25) is 0 Å². The second-order valence-electron chi connectivity index (χ2n) is 18.3. The number of aryl methyl sites for hydroxylation is 4. The minimum Gasteiger partial charge on any atom is -0.309 e. The molecule has 3 aromatic heterocycles. The molecule has 3 heterocycles. The van der Waals surface area contributed by atoms with Crippen molar-refractivity contribution < 1.29 is 0 Å². The predicted octanol–water partition coefficient (Wildman–Crippen LogP) is 15.4. The minimum atomic E-state index is 0.371. The summed E-state index contributed by atoms with van der Waals surface area (Å²) >= 11 is 0. The van der Waals surface area contributed by atoms with E-state index >= 15 is 0 Å². The summed E-state index contributed by atoms with van der Waals surface area (Å²) < 4.78 is 7.66. The molecule has 0 radical (unpaired) electrons. The summed E-state index contributed by atoms with van der Waals surface area (Å²) in [5.41, 5.74) is 20.6. The van der Waals surface area contributed by atoms with Crippen molar-refractivity contribution in [2.75, 3.05) is 0 Å². The van der Waals surface area contributed by atoms with Crippen molar-refractivity contribution in [1.29, 1.82) is 5.26 Å². The molecular formula is C60H44N4. The van der Waals surface area contributed by atoms with Gasteiger partial charge in [-0.2, -0.15) is 5.26 Å². The third-order valence-corrected chi connectivity index (χ3v) is 14.1. The van der Waals surface area contributed by atoms with Gasteiger partial charge in [0.05, 0.1) is 50.2 Å². The minimum absolute atomic E-state index is 0.371. The average molecular weight is 821 g/mol. The first-order chi connectivity index (χ1) is 31.4. The van der Waals surface area contributed by atoms with E-state index in [4.69, 9.17) is 0 Å². The molecule has 0 bridgehead atoms. The fourth-order valence-corrected chi connectivity index (χ4v) is 11.3. The highest BCUT2D eigenvalue weighted by atomic mass is 15.1. The van der Waals surface area contributed by atoms with Crippen LogP contribution in [0.3, 0.4) is 0 Å². The number of rotatable bonds is 5. The van der Waals surface area contributed by atoms with Gasteiger partial charge in [-0.25, -0.2) is 0 Å². The van der Waals surface area contributed by atoms with E-state index in [9.17, 15) is 5.26 Å². The third kappa shape index (κ3) is 5.16. The zero-order valence-corrected chi connectivity index (χ0v) is 36.3. The first-order valence-electron chi connectivity index (χ1n) is 22.5. The molecule has 2 aliphatic carbocycles. The standard InChI is InChI=1S/C60H44N4/c1-35-19-25-51-45(29-35)46-30-36(2)20-26-52(46)62(51)58-55(39-13-7-5-8-14-39)49(34-61)56(40-15-9-6-10-16-40)59(63-53-27-21-37(3)31-47(53)48-32-38(4)22-28-54(48)63)60(58)64-50-18-12-11-17-42(50)43-24-23-41-33-44(41)57(43)64/h5-32,41,44H,33H2,1-4H3. The van der Waals surface area contributed by atoms with Crippen LogP contribution in [0.5, 0.6) is 0 Å². The largest absolute Gasteiger partial charge is 0.309 e. The van der Waals surface area contributed by atoms with Gasteiger partial charge in [-0.1, -0.05) is 138 Å². The quantitative estimate of drug-likeness (QED) is 0.170. The van der Waals surface area contributed by atoms with E-state index in [0.29, 0.717) is 17.4 Å². The lowest BCUT2D eigenvalue weighted by Gasteiger charge is -2.29. The maximum Gasteiger partial charge on any atom is 0.101 e. The average Bonchev–Trinajstić information content (AvgIpc) is 3.85. The monoisotopic (exact) mass is 820 g/mol. The number of nitriles is 1. The Bertz CT molecular complexity index is 3560. The van der Waals surface area contributed by atoms with Gasteiger partial charge in [0.25, 0.3) is 0 Å². The summed E-state index contributed by atoms with van der Waals surface area (Å²) in [7, 11) is 0. The van der Waals surface area contributed by atoms with E-state index in [-0.39, 0.29) is 0 Å². The molecule has 2 aliphatic rings. The molecular weight excluding hydrogens is 777 g/mol. The van der Waals surface area contributed by atoms with E-state index in [1.54, 1.807) is 0 Å². The number of aromatic nitrogens is 3. The number of nitrogens with zero attached hydrogens (tertiary/aromatic N) is 4. The van der Waals surface area contributed by atoms with Crippen molar-refractivity contribution in [1.82, 2.24) is 13.7 Å². The van der Waals surface area contributed by atoms with Crippen molar-refractivity contribution >= 4 is 60.6 Å². The summed E-state index contributed by atoms with van der Waals surface area (Å²) in [4.78, 5) is 0. The van der Waals surface area contributed by atoms with Crippen molar-refractivity contribution in [3.63, 3.8) is 0 Å². The Morgan fingerprint density at radius 1 is 0.453 bits per heavy atom. The van der Waals surface area contributed by atoms with Gasteiger partial charge in [0, 0.05) is 55.2 Å². The highest BCUT2D eigenvalue weighted by molar-refractivity contribution is 6.15. The van der Waals surface area contributed by atoms with E-state index in [1.165, 1.54) is 60.4 Å². The topological polar surface area (TPSA) is 38.6 Å². The van der Waals surface area contributed by atoms with Gasteiger partial charge in [-0.15, -0.1) is 0 Å². The molecule has 4 heteroatoms. The van der Waals surface area contributed by atoms with Gasteiger partial charge >= 0.3 is 0 Å². The lowest BCUT2D eigenvalue weighted by Crippen LogP contribution is -2.16. The number of fused-ring (bicyclic) bond motifs is 11. The van der Waals surface area contributed by atoms with Gasteiger partial charge in [0.1, 0.15) is 6.07 Å². The Labute approximate surface area is 372 Å². The van der Waals surface area contributed by atoms with E-state index < -0.39 is 0 Å². The summed E-state index contributed by atoms with van der Waals surface area (Å²) in [6.07, 6.45) is 5.93. The fraction of sp³-hybridized carbons (Fsp3) is 0.117. The molecule has 1 fully saturated rings. The van der Waals surface area contributed by atoms with Crippen LogP contribution in [0, 0.1) is 44.9 Å². The summed E-state index contributed by atoms with van der Waals surface area (Å²) in [5.74, 6) is 0.859. The summed E-state index contributed by atoms with van der Waals surface area (Å²) in [6, 6.07) is 60.7. The van der Waals surface area contributed by atoms with Crippen LogP contribution in [0.25, 0.3) is 99.9 Å². The van der Waals surface area contributed by atoms with Crippen LogP contribution in [0.4, 0.5) is 0 Å². The fourth-order valence-electron chi connectivity index (χ4n) is 11.3. The smallest absolute Gasteiger partial charge is 0.101 e. The molecule has 0 amide bonds. The Hall–Kier alpha value is -7.87. The molecule has 2 unspecified atom stereocenters. The number of allylic oxidation sites excluding steroid dienone is 1. The van der Waals surface area contributed by atoms with Crippen LogP contribution in [-0.2, 0) is 0 Å². The normalized spacial score (nSPS) is 15.4. The van der Waals surface area contributed by atoms with Crippen LogP contribution >= 0.6 is 0 Å². The first kappa shape index (κ1) is 36.8. The molecule has 0 saturated heterocycles. The first-order valence-corrected chi connectivity index (χ1v) is 22.5. The van der Waals surface area contributed by atoms with Gasteiger partial charge in [-0.05, 0) is 106 Å². The third-order valence-electron chi connectivity index (χ3n) is 14.1. The second kappa shape index (κ2) is 13.6. The zero-order chi connectivity index (χ0) is 43.0. The van der Waals surface area contributed by atoms with Gasteiger partial charge in [-0.3, -0.25) is 0 Å². The molecule has 11 aromatic rings. The molecule has 8 aromatic carbocycles. The molecule has 0 N–H and O–H groups in total. The number of hydrogen-bond donors (Lipinski definition) is 0. The molecule has 4 nitrogen and oxygen atoms in total. The molecule has 0 aliphatic heterocycles. The highest BCUT2D eigenvalue weighted by Gasteiger charge is 2.44. The summed E-state index contributed by atoms with van der Waals surface area (Å²) in [6.45, 7) is 8.74. The molecule has 13 rings (SSSR count). The van der Waals surface area contributed by atoms with Crippen molar-refractivity contribution in [3.8, 4) is 45.4 Å². The number of para-hydroxylation sites is 1. The highest BCUT2D eigenvalue weighted by Crippen LogP contribution is 2.58. The van der Waals surface area contributed by atoms with Crippen LogP contribution in [0.15, 0.2) is 164 Å². The maximum atomic E-state index is 12.1. The summed E-state index contributed by atoms with van der Waals surface area (Å²) in [5, 5.41) is 18.1. The molecule has 2 atom stereocenters. The molecule has 0 spiro atoms. The van der Waals surface area contributed by atoms with Crippen molar-refractivity contribution in [2.24, 2.45) is 5.92 Å². The van der Waals surface area contributed by atoms with E-state index in [1.807, 2.05) is 0 Å². The number of benzene rings is 8. The van der Waals surface area contributed by atoms with Gasteiger partial charge in [0.2, 0.25) is 0 Å². The van der Waals surface area contributed by atoms with E-state index in [0.717, 1.165) is 73.3 Å². The molecule has 1 saturated carbocycles. The lowest BCUT2D eigenvalue weighted by atomic mass is 9.87. The van der Waals surface area contributed by atoms with Crippen LogP contribution in [0.1, 0.15) is 51.4 Å². The Morgan fingerprint density at radius 3 is 1.33 bits per heavy atom. The lowest BCUT2D eigenvalue weighted by molar-refractivity contribution is 0.885. The second-order valence-corrected chi connectivity index (χ2v) is 18.3. The predicted molar refractivity (Wildman–Crippen MR) is 266 cm³/mol. The van der Waals surface area contributed by atoms with Crippen molar-refractivity contribution in [3.05, 3.63) is 203 Å². The molecule has 304 valence electrons. The van der Waals surface area contributed by atoms with Crippen molar-refractivity contribution in [2.45, 2.75) is 40.0 Å². The van der Waals surface area contributed by atoms with Crippen LogP contribution < -0.4 is 0 Å². The molecule has 64 heavy (non-hydrogen) atoms. The Kier molecular flexibility index (Phi) is 7.79. The van der Waals surface area contributed by atoms with Gasteiger partial charge < -0.3 is 13.7 Å². The Morgan fingerprint density at radius 2 is 0.875 bits per heavy atom. The Balaban J connectivity index is 1.39. The van der Waals surface area contributed by atoms with Crippen LogP contribution in [-0.4, -0.2) is 13.7 Å². The zero-order valence-electron chi connectivity index (χ0n) is 36.3. The number of hydrogen-bond acceptors (Lipinski definition) is 1. The van der Waals surface area contributed by atoms with E-state index in [2.05, 4.69) is 217 Å². The SMILES string of the molecule is Cc1ccc2c(c1)c1cc(C)ccc1n2-c1c(-c2ccccc2)c(C#N)c(-c2ccccc2)c(-n2c3ccc(C)cc3c3cc(C)ccc32)c1-n1c2c(c3ccccc31)C=CC1CC21. The van der Waals surface area contributed by atoms with Gasteiger partial charge in [0.15, 0.2) is 0 Å².